The predicted octanol–water partition coefficient (Wildman–Crippen LogP) is 4.02. The molecular formula is C28H31N3O7. The fourth-order valence-electron chi connectivity index (χ4n) is 3.30. The molecule has 0 bridgehead atoms. The molecule has 10 heteroatoms. The summed E-state index contributed by atoms with van der Waals surface area (Å²) >= 11 is 0. The molecule has 0 saturated carbocycles. The number of hydrogen-bond donors (Lipinski definition) is 3. The third-order valence-corrected chi connectivity index (χ3v) is 5.27. The lowest BCUT2D eigenvalue weighted by molar-refractivity contribution is -0.147. The van der Waals surface area contributed by atoms with E-state index in [1.165, 1.54) is 7.11 Å². The third kappa shape index (κ3) is 8.16. The summed E-state index contributed by atoms with van der Waals surface area (Å²) in [4.78, 5) is 36.9. The quantitative estimate of drug-likeness (QED) is 0.254. The molecule has 0 saturated heterocycles. The Morgan fingerprint density at radius 1 is 0.658 bits per heavy atom. The number of carbonyl (C=O) groups is 3. The fraction of sp³-hybridized carbons (Fsp3) is 0.250. The first-order valence-electron chi connectivity index (χ1n) is 11.9. The van der Waals surface area contributed by atoms with Crippen LogP contribution in [-0.2, 0) is 19.1 Å². The summed E-state index contributed by atoms with van der Waals surface area (Å²) < 4.78 is 21.6. The van der Waals surface area contributed by atoms with Crippen LogP contribution in [0.4, 0.5) is 17.1 Å². The Balaban J connectivity index is 1.55. The van der Waals surface area contributed by atoms with E-state index in [1.54, 1.807) is 93.6 Å². The van der Waals surface area contributed by atoms with Crippen LogP contribution < -0.4 is 30.6 Å². The first kappa shape index (κ1) is 27.9. The number of ether oxygens (including phenoxy) is 4. The summed E-state index contributed by atoms with van der Waals surface area (Å²) in [6.07, 6.45) is -2.43. The van der Waals surface area contributed by atoms with Crippen molar-refractivity contribution in [1.29, 1.82) is 0 Å². The topological polar surface area (TPSA) is 138 Å². The summed E-state index contributed by atoms with van der Waals surface area (Å²) in [5.41, 5.74) is 7.23. The first-order valence-corrected chi connectivity index (χ1v) is 11.9. The van der Waals surface area contributed by atoms with Gasteiger partial charge in [0.25, 0.3) is 11.8 Å². The molecule has 4 N–H and O–H groups in total. The maximum Gasteiger partial charge on any atom is 0.346 e. The largest absolute Gasteiger partial charge is 0.481 e. The van der Waals surface area contributed by atoms with E-state index in [1.807, 2.05) is 0 Å². The van der Waals surface area contributed by atoms with Gasteiger partial charge < -0.3 is 35.3 Å². The van der Waals surface area contributed by atoms with Crippen LogP contribution in [0.15, 0.2) is 72.8 Å². The monoisotopic (exact) mass is 521 g/mol. The summed E-state index contributed by atoms with van der Waals surface area (Å²) in [7, 11) is 1.28. The Morgan fingerprint density at radius 3 is 1.53 bits per heavy atom. The van der Waals surface area contributed by atoms with E-state index in [0.29, 0.717) is 34.3 Å². The van der Waals surface area contributed by atoms with Gasteiger partial charge in [0.15, 0.2) is 18.3 Å². The molecule has 3 aromatic carbocycles. The predicted molar refractivity (Wildman–Crippen MR) is 143 cm³/mol. The van der Waals surface area contributed by atoms with Crippen molar-refractivity contribution in [1.82, 2.24) is 0 Å². The molecule has 3 rings (SSSR count). The summed E-state index contributed by atoms with van der Waals surface area (Å²) in [5.74, 6) is -0.00543. The van der Waals surface area contributed by atoms with Gasteiger partial charge in [0.1, 0.15) is 17.2 Å². The smallest absolute Gasteiger partial charge is 0.346 e. The van der Waals surface area contributed by atoms with E-state index >= 15 is 0 Å². The average molecular weight is 522 g/mol. The molecule has 0 heterocycles. The van der Waals surface area contributed by atoms with Gasteiger partial charge in [-0.2, -0.15) is 0 Å². The zero-order valence-electron chi connectivity index (χ0n) is 21.6. The van der Waals surface area contributed by atoms with E-state index in [0.717, 1.165) is 0 Å². The van der Waals surface area contributed by atoms with Crippen LogP contribution >= 0.6 is 0 Å². The second-order valence-electron chi connectivity index (χ2n) is 8.41. The minimum atomic E-state index is -0.856. The molecule has 10 nitrogen and oxygen atoms in total. The molecule has 0 unspecified atom stereocenters. The number of nitrogens with two attached hydrogens (primary N) is 1. The maximum absolute atomic E-state index is 12.7. The molecule has 0 spiro atoms. The molecular weight excluding hydrogens is 490 g/mol. The molecule has 0 aromatic heterocycles. The molecule has 3 aromatic rings. The average Bonchev–Trinajstić information content (AvgIpc) is 2.88. The number of methoxy groups -OCH3 is 1. The Bertz CT molecular complexity index is 1280. The number of benzene rings is 3. The zero-order valence-corrected chi connectivity index (χ0v) is 21.6. The molecule has 0 aliphatic rings. The van der Waals surface area contributed by atoms with Crippen molar-refractivity contribution in [2.45, 2.75) is 39.1 Å². The lowest BCUT2D eigenvalue weighted by atomic mass is 10.2. The summed E-state index contributed by atoms with van der Waals surface area (Å²) in [6.45, 7) is 4.79. The standard InChI is InChI=1S/C28H31N3O7/c1-17(36-23-11-5-8-20(29)14-23)26(32)30-21-9-6-12-24(15-21)37-18(2)27(33)31-22-10-7-13-25(16-22)38-19(3)28(34)35-4/h5-19H,29H2,1-4H3,(H,30,32)(H,31,33)/t17-,18-,19-/m1/s1. The van der Waals surface area contributed by atoms with Crippen molar-refractivity contribution in [2.75, 3.05) is 23.5 Å². The second kappa shape index (κ2) is 13.0. The molecule has 3 atom stereocenters. The molecule has 2 amide bonds. The molecule has 0 radical (unpaired) electrons. The second-order valence-corrected chi connectivity index (χ2v) is 8.41. The van der Waals surface area contributed by atoms with Crippen molar-refractivity contribution in [3.63, 3.8) is 0 Å². The Kier molecular flexibility index (Phi) is 9.53. The lowest BCUT2D eigenvalue weighted by Crippen LogP contribution is -2.31. The number of esters is 1. The zero-order chi connectivity index (χ0) is 27.7. The third-order valence-electron chi connectivity index (χ3n) is 5.27. The minimum Gasteiger partial charge on any atom is -0.481 e. The van der Waals surface area contributed by atoms with Gasteiger partial charge in [-0.25, -0.2) is 4.79 Å². The number of hydrogen-bond acceptors (Lipinski definition) is 8. The Morgan fingerprint density at radius 2 is 1.08 bits per heavy atom. The first-order chi connectivity index (χ1) is 18.1. The molecule has 200 valence electrons. The lowest BCUT2D eigenvalue weighted by Gasteiger charge is -2.17. The highest BCUT2D eigenvalue weighted by atomic mass is 16.6. The number of carbonyl (C=O) groups excluding carboxylic acids is 3. The Hall–Kier alpha value is -4.73. The van der Waals surface area contributed by atoms with Crippen LogP contribution in [0, 0.1) is 0 Å². The van der Waals surface area contributed by atoms with E-state index in [9.17, 15) is 14.4 Å². The molecule has 0 fully saturated rings. The van der Waals surface area contributed by atoms with E-state index in [2.05, 4.69) is 15.4 Å². The highest BCUT2D eigenvalue weighted by molar-refractivity contribution is 5.95. The van der Waals surface area contributed by atoms with E-state index in [4.69, 9.17) is 19.9 Å². The van der Waals surface area contributed by atoms with E-state index in [-0.39, 0.29) is 5.91 Å². The van der Waals surface area contributed by atoms with Gasteiger partial charge in [0.05, 0.1) is 7.11 Å². The number of anilines is 3. The van der Waals surface area contributed by atoms with Crippen LogP contribution in [-0.4, -0.2) is 43.2 Å². The number of rotatable bonds is 11. The minimum absolute atomic E-state index is 0.362. The van der Waals surface area contributed by atoms with Gasteiger partial charge >= 0.3 is 5.97 Å². The van der Waals surface area contributed by atoms with E-state index < -0.39 is 30.2 Å². The van der Waals surface area contributed by atoms with Gasteiger partial charge in [-0.1, -0.05) is 18.2 Å². The van der Waals surface area contributed by atoms with Crippen LogP contribution in [0.1, 0.15) is 20.8 Å². The van der Waals surface area contributed by atoms with Gasteiger partial charge in [0.2, 0.25) is 0 Å². The van der Waals surface area contributed by atoms with Crippen LogP contribution in [0.3, 0.4) is 0 Å². The van der Waals surface area contributed by atoms with Crippen LogP contribution in [0.5, 0.6) is 17.2 Å². The van der Waals surface area contributed by atoms with Gasteiger partial charge in [0, 0.05) is 35.3 Å². The maximum atomic E-state index is 12.7. The van der Waals surface area contributed by atoms with Crippen LogP contribution in [0.25, 0.3) is 0 Å². The summed E-state index contributed by atoms with van der Waals surface area (Å²) in [6, 6.07) is 20.1. The highest BCUT2D eigenvalue weighted by Gasteiger charge is 2.19. The van der Waals surface area contributed by atoms with Gasteiger partial charge in [-0.15, -0.1) is 0 Å². The fourth-order valence-corrected chi connectivity index (χ4v) is 3.30. The van der Waals surface area contributed by atoms with Crippen molar-refractivity contribution in [3.05, 3.63) is 72.8 Å². The Labute approximate surface area is 221 Å². The molecule has 0 aliphatic heterocycles. The normalized spacial score (nSPS) is 12.8. The van der Waals surface area contributed by atoms with Crippen molar-refractivity contribution < 1.29 is 33.3 Å². The SMILES string of the molecule is COC(=O)[C@@H](C)Oc1cccc(NC(=O)[C@@H](C)Oc2cccc(NC(=O)[C@@H](C)Oc3cccc(N)c3)c2)c1. The number of nitrogen functional groups attached to an aromatic ring is 1. The summed E-state index contributed by atoms with van der Waals surface area (Å²) in [5, 5.41) is 5.52. The van der Waals surface area contributed by atoms with Crippen molar-refractivity contribution in [3.8, 4) is 17.2 Å². The van der Waals surface area contributed by atoms with Crippen molar-refractivity contribution >= 4 is 34.8 Å². The van der Waals surface area contributed by atoms with Crippen LogP contribution in [0.2, 0.25) is 0 Å². The molecule has 0 aliphatic carbocycles. The number of amides is 2. The highest BCUT2D eigenvalue weighted by Crippen LogP contribution is 2.22. The van der Waals surface area contributed by atoms with Gasteiger partial charge in [-0.3, -0.25) is 9.59 Å². The van der Waals surface area contributed by atoms with Crippen molar-refractivity contribution in [2.24, 2.45) is 0 Å². The number of nitrogens with one attached hydrogen (secondary N) is 2. The van der Waals surface area contributed by atoms with Gasteiger partial charge in [-0.05, 0) is 57.2 Å². The molecule has 38 heavy (non-hydrogen) atoms.